The minimum Gasteiger partial charge on any atom is -0.383 e. The summed E-state index contributed by atoms with van der Waals surface area (Å²) in [7, 11) is 0. The molecule has 0 aromatic heterocycles. The highest BCUT2D eigenvalue weighted by molar-refractivity contribution is 6.01. The van der Waals surface area contributed by atoms with Gasteiger partial charge in [-0.05, 0) is 35.4 Å². The molecule has 0 aliphatic carbocycles. The molecule has 0 saturated heterocycles. The SMILES string of the molecule is O=C1CCNc2ccc(C(=O)NCc3ccc4c(c3)CNC4=O)cc2N1. The molecule has 0 fully saturated rings. The Hall–Kier alpha value is -3.35. The van der Waals surface area contributed by atoms with Crippen molar-refractivity contribution >= 4 is 29.1 Å². The normalized spacial score (nSPS) is 15.1. The molecule has 2 aliphatic heterocycles. The van der Waals surface area contributed by atoms with Crippen LogP contribution < -0.4 is 21.3 Å². The maximum atomic E-state index is 12.4. The van der Waals surface area contributed by atoms with Crippen LogP contribution in [0.3, 0.4) is 0 Å². The summed E-state index contributed by atoms with van der Waals surface area (Å²) in [5.74, 6) is -0.354. The van der Waals surface area contributed by atoms with E-state index in [0.29, 0.717) is 42.9 Å². The summed E-state index contributed by atoms with van der Waals surface area (Å²) < 4.78 is 0. The molecule has 2 aromatic carbocycles. The van der Waals surface area contributed by atoms with Gasteiger partial charge < -0.3 is 21.3 Å². The third kappa shape index (κ3) is 3.11. The number of anilines is 2. The van der Waals surface area contributed by atoms with Gasteiger partial charge in [0, 0.05) is 37.2 Å². The van der Waals surface area contributed by atoms with Gasteiger partial charge in [-0.1, -0.05) is 12.1 Å². The average molecular weight is 350 g/mol. The van der Waals surface area contributed by atoms with Gasteiger partial charge in [-0.25, -0.2) is 0 Å². The molecular formula is C19H18N4O3. The maximum Gasteiger partial charge on any atom is 0.251 e. The molecule has 3 amide bonds. The monoisotopic (exact) mass is 350 g/mol. The third-order valence-corrected chi connectivity index (χ3v) is 4.53. The van der Waals surface area contributed by atoms with Crippen LogP contribution in [-0.4, -0.2) is 24.3 Å². The Balaban J connectivity index is 1.46. The highest BCUT2D eigenvalue weighted by Crippen LogP contribution is 2.25. The van der Waals surface area contributed by atoms with Gasteiger partial charge in [0.15, 0.2) is 0 Å². The average Bonchev–Trinajstić information content (AvgIpc) is 2.90. The molecule has 132 valence electrons. The Morgan fingerprint density at radius 3 is 2.81 bits per heavy atom. The first kappa shape index (κ1) is 16.1. The number of rotatable bonds is 3. The Kier molecular flexibility index (Phi) is 4.04. The molecule has 2 aliphatic rings. The minimum absolute atomic E-state index is 0.0591. The second-order valence-electron chi connectivity index (χ2n) is 6.34. The summed E-state index contributed by atoms with van der Waals surface area (Å²) in [6.07, 6.45) is 0.395. The van der Waals surface area contributed by atoms with Gasteiger partial charge in [-0.3, -0.25) is 14.4 Å². The largest absolute Gasteiger partial charge is 0.383 e. The van der Waals surface area contributed by atoms with E-state index in [4.69, 9.17) is 0 Å². The Labute approximate surface area is 150 Å². The van der Waals surface area contributed by atoms with Crippen LogP contribution in [0.15, 0.2) is 36.4 Å². The Bertz CT molecular complexity index is 923. The highest BCUT2D eigenvalue weighted by Gasteiger charge is 2.19. The lowest BCUT2D eigenvalue weighted by atomic mass is 10.1. The molecule has 0 spiro atoms. The van der Waals surface area contributed by atoms with Crippen molar-refractivity contribution in [2.75, 3.05) is 17.2 Å². The van der Waals surface area contributed by atoms with E-state index in [2.05, 4.69) is 21.3 Å². The lowest BCUT2D eigenvalue weighted by Crippen LogP contribution is -2.23. The zero-order chi connectivity index (χ0) is 18.1. The highest BCUT2D eigenvalue weighted by atomic mass is 16.2. The summed E-state index contributed by atoms with van der Waals surface area (Å²) in [4.78, 5) is 35.7. The van der Waals surface area contributed by atoms with E-state index >= 15 is 0 Å². The van der Waals surface area contributed by atoms with Gasteiger partial charge in [0.25, 0.3) is 11.8 Å². The van der Waals surface area contributed by atoms with Crippen LogP contribution in [0.1, 0.15) is 38.3 Å². The van der Waals surface area contributed by atoms with Crippen LogP contribution in [0.2, 0.25) is 0 Å². The van der Waals surface area contributed by atoms with Gasteiger partial charge in [0.2, 0.25) is 5.91 Å². The topological polar surface area (TPSA) is 99.3 Å². The first-order chi connectivity index (χ1) is 12.6. The molecule has 0 radical (unpaired) electrons. The van der Waals surface area contributed by atoms with E-state index in [0.717, 1.165) is 16.8 Å². The van der Waals surface area contributed by atoms with Crippen molar-refractivity contribution in [1.29, 1.82) is 0 Å². The second kappa shape index (κ2) is 6.51. The predicted molar refractivity (Wildman–Crippen MR) is 97.0 cm³/mol. The molecule has 2 heterocycles. The van der Waals surface area contributed by atoms with Crippen LogP contribution in [0.25, 0.3) is 0 Å². The molecule has 0 unspecified atom stereocenters. The summed E-state index contributed by atoms with van der Waals surface area (Å²) in [5, 5.41) is 11.6. The molecule has 4 rings (SSSR count). The number of fused-ring (bicyclic) bond motifs is 2. The van der Waals surface area contributed by atoms with Crippen LogP contribution in [0, 0.1) is 0 Å². The zero-order valence-corrected chi connectivity index (χ0v) is 14.0. The minimum atomic E-state index is -0.221. The van der Waals surface area contributed by atoms with Crippen molar-refractivity contribution in [3.8, 4) is 0 Å². The van der Waals surface area contributed by atoms with Gasteiger partial charge in [0.05, 0.1) is 11.4 Å². The quantitative estimate of drug-likeness (QED) is 0.676. The first-order valence-electron chi connectivity index (χ1n) is 8.46. The number of carbonyl (C=O) groups is 3. The van der Waals surface area contributed by atoms with Gasteiger partial charge in [0.1, 0.15) is 0 Å². The van der Waals surface area contributed by atoms with E-state index in [-0.39, 0.29) is 17.7 Å². The van der Waals surface area contributed by atoms with Crippen molar-refractivity contribution in [1.82, 2.24) is 10.6 Å². The summed E-state index contributed by atoms with van der Waals surface area (Å²) >= 11 is 0. The smallest absolute Gasteiger partial charge is 0.251 e. The van der Waals surface area contributed by atoms with Crippen LogP contribution in [-0.2, 0) is 17.9 Å². The molecule has 0 saturated carbocycles. The molecule has 26 heavy (non-hydrogen) atoms. The van der Waals surface area contributed by atoms with Crippen LogP contribution in [0.5, 0.6) is 0 Å². The van der Waals surface area contributed by atoms with Gasteiger partial charge in [-0.2, -0.15) is 0 Å². The molecule has 0 bridgehead atoms. The van der Waals surface area contributed by atoms with E-state index in [9.17, 15) is 14.4 Å². The van der Waals surface area contributed by atoms with Crippen molar-refractivity contribution in [2.45, 2.75) is 19.5 Å². The first-order valence-corrected chi connectivity index (χ1v) is 8.46. The van der Waals surface area contributed by atoms with Crippen molar-refractivity contribution in [3.63, 3.8) is 0 Å². The van der Waals surface area contributed by atoms with Crippen molar-refractivity contribution in [3.05, 3.63) is 58.7 Å². The van der Waals surface area contributed by atoms with E-state index in [1.807, 2.05) is 12.1 Å². The van der Waals surface area contributed by atoms with E-state index in [1.165, 1.54) is 0 Å². The van der Waals surface area contributed by atoms with Crippen LogP contribution >= 0.6 is 0 Å². The maximum absolute atomic E-state index is 12.4. The Morgan fingerprint density at radius 1 is 1.04 bits per heavy atom. The molecule has 2 aromatic rings. The number of amides is 3. The number of nitrogens with one attached hydrogen (secondary N) is 4. The Morgan fingerprint density at radius 2 is 1.92 bits per heavy atom. The molecule has 0 atom stereocenters. The fourth-order valence-electron chi connectivity index (χ4n) is 3.15. The zero-order valence-electron chi connectivity index (χ0n) is 14.0. The summed E-state index contributed by atoms with van der Waals surface area (Å²) in [6.45, 7) is 1.45. The molecule has 7 heteroatoms. The lowest BCUT2D eigenvalue weighted by Gasteiger charge is -2.11. The second-order valence-corrected chi connectivity index (χ2v) is 6.34. The van der Waals surface area contributed by atoms with Crippen LogP contribution in [0.4, 0.5) is 11.4 Å². The summed E-state index contributed by atoms with van der Waals surface area (Å²) in [5.41, 5.74) is 4.46. The molecular weight excluding hydrogens is 332 g/mol. The number of hydrogen-bond acceptors (Lipinski definition) is 4. The number of hydrogen-bond donors (Lipinski definition) is 4. The number of benzene rings is 2. The standard InChI is InChI=1S/C19H18N4O3/c24-17-5-6-20-15-4-2-12(8-16(15)23-17)18(25)21-9-11-1-3-14-13(7-11)10-22-19(14)26/h1-4,7-8,20H,5-6,9-10H2,(H,21,25)(H,22,26)(H,23,24). The van der Waals surface area contributed by atoms with E-state index < -0.39 is 0 Å². The molecule has 4 N–H and O–H groups in total. The summed E-state index contributed by atoms with van der Waals surface area (Å²) in [6, 6.07) is 10.7. The van der Waals surface area contributed by atoms with Gasteiger partial charge >= 0.3 is 0 Å². The number of carbonyl (C=O) groups excluding carboxylic acids is 3. The van der Waals surface area contributed by atoms with Gasteiger partial charge in [-0.15, -0.1) is 0 Å². The third-order valence-electron chi connectivity index (χ3n) is 4.53. The van der Waals surface area contributed by atoms with E-state index in [1.54, 1.807) is 24.3 Å². The fraction of sp³-hybridized carbons (Fsp3) is 0.211. The molecule has 7 nitrogen and oxygen atoms in total. The van der Waals surface area contributed by atoms with Crippen molar-refractivity contribution in [2.24, 2.45) is 0 Å². The lowest BCUT2D eigenvalue weighted by molar-refractivity contribution is -0.115. The van der Waals surface area contributed by atoms with Crippen molar-refractivity contribution < 1.29 is 14.4 Å². The predicted octanol–water partition coefficient (Wildman–Crippen LogP) is 1.61. The fourth-order valence-corrected chi connectivity index (χ4v) is 3.15.